The highest BCUT2D eigenvalue weighted by molar-refractivity contribution is 7.89. The van der Waals surface area contributed by atoms with Gasteiger partial charge >= 0.3 is 0 Å². The standard InChI is InChI=1S/C20H25FN4O3S/c1-13(2)24-11-9-16-17(12-24)22-19(23-20(16)26)18-4-3-10-25(18)29(27,28)15-7-5-14(21)6-8-15/h5-8,13,18H,3-4,9-12H2,1-2H3,(H,22,23,26). The molecule has 0 amide bonds. The van der Waals surface area contributed by atoms with Gasteiger partial charge in [-0.1, -0.05) is 0 Å². The van der Waals surface area contributed by atoms with Crippen molar-refractivity contribution in [3.8, 4) is 0 Å². The number of aromatic amines is 1. The molecule has 7 nitrogen and oxygen atoms in total. The second-order valence-electron chi connectivity index (χ2n) is 7.92. The minimum atomic E-state index is -3.82. The molecule has 2 aliphatic heterocycles. The number of sulfonamides is 1. The predicted molar refractivity (Wildman–Crippen MR) is 106 cm³/mol. The Bertz CT molecular complexity index is 1070. The van der Waals surface area contributed by atoms with Crippen molar-refractivity contribution in [1.29, 1.82) is 0 Å². The van der Waals surface area contributed by atoms with E-state index >= 15 is 0 Å². The highest BCUT2D eigenvalue weighted by Crippen LogP contribution is 2.35. The molecule has 1 atom stereocenters. The van der Waals surface area contributed by atoms with E-state index < -0.39 is 21.9 Å². The number of halogens is 1. The Kier molecular flexibility index (Phi) is 5.30. The van der Waals surface area contributed by atoms with Crippen molar-refractivity contribution in [1.82, 2.24) is 19.2 Å². The molecule has 1 saturated heterocycles. The third kappa shape index (κ3) is 3.74. The van der Waals surface area contributed by atoms with Crippen LogP contribution in [0, 0.1) is 5.82 Å². The molecule has 1 unspecified atom stereocenters. The number of nitrogens with zero attached hydrogens (tertiary/aromatic N) is 3. The summed E-state index contributed by atoms with van der Waals surface area (Å²) in [7, 11) is -3.82. The molecule has 0 bridgehead atoms. The van der Waals surface area contributed by atoms with Gasteiger partial charge in [0.1, 0.15) is 11.6 Å². The van der Waals surface area contributed by atoms with E-state index in [0.29, 0.717) is 49.8 Å². The Balaban J connectivity index is 1.69. The van der Waals surface area contributed by atoms with Crippen LogP contribution in [0.5, 0.6) is 0 Å². The number of fused-ring (bicyclic) bond motifs is 1. The van der Waals surface area contributed by atoms with E-state index in [-0.39, 0.29) is 10.5 Å². The lowest BCUT2D eigenvalue weighted by atomic mass is 10.0. The molecule has 0 saturated carbocycles. The fourth-order valence-electron chi connectivity index (χ4n) is 4.12. The largest absolute Gasteiger partial charge is 0.309 e. The lowest BCUT2D eigenvalue weighted by Gasteiger charge is -2.31. The number of hydrogen-bond acceptors (Lipinski definition) is 5. The summed E-state index contributed by atoms with van der Waals surface area (Å²) in [5.74, 6) is -0.0974. The van der Waals surface area contributed by atoms with E-state index in [1.807, 2.05) is 0 Å². The third-order valence-electron chi connectivity index (χ3n) is 5.79. The number of rotatable bonds is 4. The highest BCUT2D eigenvalue weighted by atomic mass is 32.2. The van der Waals surface area contributed by atoms with Crippen LogP contribution in [0.2, 0.25) is 0 Å². The maximum atomic E-state index is 13.2. The average Bonchev–Trinajstić information content (AvgIpc) is 3.18. The van der Waals surface area contributed by atoms with Gasteiger partial charge in [0.25, 0.3) is 5.56 Å². The van der Waals surface area contributed by atoms with Gasteiger partial charge < -0.3 is 4.98 Å². The van der Waals surface area contributed by atoms with E-state index in [9.17, 15) is 17.6 Å². The zero-order valence-corrected chi connectivity index (χ0v) is 17.4. The fourth-order valence-corrected chi connectivity index (χ4v) is 5.78. The summed E-state index contributed by atoms with van der Waals surface area (Å²) >= 11 is 0. The van der Waals surface area contributed by atoms with Crippen LogP contribution in [0.3, 0.4) is 0 Å². The van der Waals surface area contributed by atoms with E-state index in [4.69, 9.17) is 4.98 Å². The first-order chi connectivity index (χ1) is 13.8. The maximum Gasteiger partial charge on any atom is 0.254 e. The van der Waals surface area contributed by atoms with Crippen LogP contribution < -0.4 is 5.56 Å². The highest BCUT2D eigenvalue weighted by Gasteiger charge is 2.38. The number of hydrogen-bond donors (Lipinski definition) is 1. The van der Waals surface area contributed by atoms with Crippen LogP contribution in [0.4, 0.5) is 4.39 Å². The van der Waals surface area contributed by atoms with E-state index in [1.54, 1.807) is 0 Å². The van der Waals surface area contributed by atoms with Gasteiger partial charge in [0.2, 0.25) is 10.0 Å². The number of benzene rings is 1. The van der Waals surface area contributed by atoms with Gasteiger partial charge in [0.05, 0.1) is 16.6 Å². The molecule has 3 heterocycles. The van der Waals surface area contributed by atoms with Crippen molar-refractivity contribution < 1.29 is 12.8 Å². The zero-order chi connectivity index (χ0) is 20.8. The topological polar surface area (TPSA) is 86.4 Å². The summed E-state index contributed by atoms with van der Waals surface area (Å²) in [6.07, 6.45) is 1.89. The van der Waals surface area contributed by atoms with Gasteiger partial charge in [0, 0.05) is 31.2 Å². The predicted octanol–water partition coefficient (Wildman–Crippen LogP) is 2.20. The molecule has 1 N–H and O–H groups in total. The van der Waals surface area contributed by atoms with Crippen molar-refractivity contribution in [2.75, 3.05) is 13.1 Å². The van der Waals surface area contributed by atoms with E-state index in [0.717, 1.165) is 24.4 Å². The van der Waals surface area contributed by atoms with Crippen molar-refractivity contribution in [2.24, 2.45) is 0 Å². The first-order valence-electron chi connectivity index (χ1n) is 9.91. The van der Waals surface area contributed by atoms with E-state index in [2.05, 4.69) is 23.7 Å². The molecule has 156 valence electrons. The normalized spacial score (nSPS) is 20.9. The SMILES string of the molecule is CC(C)N1CCc2c(nc(C3CCCN3S(=O)(=O)c3ccc(F)cc3)[nH]c2=O)C1. The molecular weight excluding hydrogens is 395 g/mol. The minimum Gasteiger partial charge on any atom is -0.309 e. The van der Waals surface area contributed by atoms with Crippen molar-refractivity contribution >= 4 is 10.0 Å². The van der Waals surface area contributed by atoms with Crippen molar-refractivity contribution in [2.45, 2.75) is 56.6 Å². The lowest BCUT2D eigenvalue weighted by molar-refractivity contribution is 0.198. The Morgan fingerprint density at radius 3 is 2.62 bits per heavy atom. The molecule has 0 radical (unpaired) electrons. The Hall–Kier alpha value is -2.10. The number of aromatic nitrogens is 2. The van der Waals surface area contributed by atoms with Gasteiger partial charge in [-0.15, -0.1) is 0 Å². The second kappa shape index (κ2) is 7.62. The summed E-state index contributed by atoms with van der Waals surface area (Å²) in [5, 5.41) is 0. The van der Waals surface area contributed by atoms with Gasteiger partial charge in [-0.25, -0.2) is 17.8 Å². The molecular formula is C20H25FN4O3S. The third-order valence-corrected chi connectivity index (χ3v) is 7.71. The molecule has 1 aromatic carbocycles. The monoisotopic (exact) mass is 420 g/mol. The summed E-state index contributed by atoms with van der Waals surface area (Å²) in [4.78, 5) is 22.5. The molecule has 1 fully saturated rings. The molecule has 1 aromatic heterocycles. The summed E-state index contributed by atoms with van der Waals surface area (Å²) in [5.41, 5.74) is 1.24. The smallest absolute Gasteiger partial charge is 0.254 e. The molecule has 0 spiro atoms. The van der Waals surface area contributed by atoms with Crippen LogP contribution in [0.25, 0.3) is 0 Å². The number of H-pyrrole nitrogens is 1. The van der Waals surface area contributed by atoms with Crippen LogP contribution >= 0.6 is 0 Å². The lowest BCUT2D eigenvalue weighted by Crippen LogP contribution is -2.40. The fraction of sp³-hybridized carbons (Fsp3) is 0.500. The quantitative estimate of drug-likeness (QED) is 0.820. The average molecular weight is 421 g/mol. The van der Waals surface area contributed by atoms with Crippen molar-refractivity contribution in [3.63, 3.8) is 0 Å². The number of nitrogens with one attached hydrogen (secondary N) is 1. The second-order valence-corrected chi connectivity index (χ2v) is 9.81. The minimum absolute atomic E-state index is 0.0390. The van der Waals surface area contributed by atoms with Gasteiger partial charge in [-0.05, 0) is 57.4 Å². The van der Waals surface area contributed by atoms with Crippen molar-refractivity contribution in [3.05, 3.63) is 57.5 Å². The summed E-state index contributed by atoms with van der Waals surface area (Å²) in [6, 6.07) is 4.62. The summed E-state index contributed by atoms with van der Waals surface area (Å²) in [6.45, 7) is 5.94. The molecule has 29 heavy (non-hydrogen) atoms. The zero-order valence-electron chi connectivity index (χ0n) is 16.6. The molecule has 0 aliphatic carbocycles. The first kappa shape index (κ1) is 20.2. The molecule has 9 heteroatoms. The van der Waals surface area contributed by atoms with Crippen LogP contribution in [-0.2, 0) is 23.0 Å². The van der Waals surface area contributed by atoms with Crippen LogP contribution in [-0.4, -0.2) is 46.7 Å². The van der Waals surface area contributed by atoms with Gasteiger partial charge in [-0.2, -0.15) is 4.31 Å². The molecule has 4 rings (SSSR count). The van der Waals surface area contributed by atoms with Gasteiger partial charge in [0.15, 0.2) is 0 Å². The maximum absolute atomic E-state index is 13.2. The van der Waals surface area contributed by atoms with Gasteiger partial charge in [-0.3, -0.25) is 9.69 Å². The Labute approximate surface area is 169 Å². The summed E-state index contributed by atoms with van der Waals surface area (Å²) < 4.78 is 40.8. The first-order valence-corrected chi connectivity index (χ1v) is 11.3. The molecule has 2 aliphatic rings. The van der Waals surface area contributed by atoms with E-state index in [1.165, 1.54) is 16.4 Å². The molecule has 2 aromatic rings. The Morgan fingerprint density at radius 2 is 1.93 bits per heavy atom. The van der Waals surface area contributed by atoms with Crippen LogP contribution in [0.1, 0.15) is 49.8 Å². The van der Waals surface area contributed by atoms with Crippen LogP contribution in [0.15, 0.2) is 34.0 Å². The Morgan fingerprint density at radius 1 is 1.21 bits per heavy atom.